The van der Waals surface area contributed by atoms with Gasteiger partial charge in [0.2, 0.25) is 0 Å². The van der Waals surface area contributed by atoms with Crippen molar-refractivity contribution in [2.24, 2.45) is 4.99 Å². The van der Waals surface area contributed by atoms with E-state index in [9.17, 15) is 0 Å². The average Bonchev–Trinajstić information content (AvgIpc) is 3.13. The maximum absolute atomic E-state index is 5.57. The molecule has 0 spiro atoms. The number of hydrogen-bond acceptors (Lipinski definition) is 5. The first-order chi connectivity index (χ1) is 10.8. The molecular weight excluding hydrogens is 296 g/mol. The molecule has 0 unspecified atom stereocenters. The fourth-order valence-corrected chi connectivity index (χ4v) is 4.63. The highest BCUT2D eigenvalue weighted by Crippen LogP contribution is 2.46. The molecule has 22 heavy (non-hydrogen) atoms. The number of aliphatic imine (C=N–C) groups is 1. The number of methoxy groups -OCH3 is 2. The lowest BCUT2D eigenvalue weighted by molar-refractivity contribution is 0.304. The molecule has 0 amide bonds. The topological polar surface area (TPSA) is 34.1 Å². The number of rotatable bonds is 3. The minimum Gasteiger partial charge on any atom is -0.497 e. The van der Waals surface area contributed by atoms with Gasteiger partial charge in [-0.25, -0.2) is 0 Å². The van der Waals surface area contributed by atoms with E-state index in [1.807, 2.05) is 12.1 Å². The molecule has 1 aliphatic carbocycles. The molecule has 2 heterocycles. The van der Waals surface area contributed by atoms with Crippen molar-refractivity contribution in [3.8, 4) is 11.5 Å². The smallest absolute Gasteiger partial charge is 0.168 e. The highest BCUT2D eigenvalue weighted by atomic mass is 32.2. The summed E-state index contributed by atoms with van der Waals surface area (Å²) < 4.78 is 11.0. The van der Waals surface area contributed by atoms with Gasteiger partial charge in [-0.2, -0.15) is 0 Å². The van der Waals surface area contributed by atoms with Gasteiger partial charge in [0.25, 0.3) is 0 Å². The molecule has 3 aliphatic rings. The predicted molar refractivity (Wildman–Crippen MR) is 90.4 cm³/mol. The third-order valence-electron chi connectivity index (χ3n) is 4.73. The van der Waals surface area contributed by atoms with Crippen LogP contribution in [0, 0.1) is 0 Å². The zero-order chi connectivity index (χ0) is 15.1. The third-order valence-corrected chi connectivity index (χ3v) is 5.58. The van der Waals surface area contributed by atoms with Gasteiger partial charge in [0.05, 0.1) is 32.0 Å². The zero-order valence-electron chi connectivity index (χ0n) is 12.9. The van der Waals surface area contributed by atoms with Gasteiger partial charge in [-0.15, -0.1) is 0 Å². The number of benzene rings is 1. The van der Waals surface area contributed by atoms with Gasteiger partial charge in [-0.1, -0.05) is 24.6 Å². The first-order valence-corrected chi connectivity index (χ1v) is 8.66. The first-order valence-electron chi connectivity index (χ1n) is 7.78. The summed E-state index contributed by atoms with van der Waals surface area (Å²) in [6, 6.07) is 6.96. The van der Waals surface area contributed by atoms with Crippen molar-refractivity contribution in [2.75, 3.05) is 14.2 Å². The third kappa shape index (κ3) is 2.10. The number of hydrogen-bond donors (Lipinski definition) is 0. The fraction of sp³-hybridized carbons (Fsp3) is 0.471. The quantitative estimate of drug-likeness (QED) is 0.851. The SMILES string of the molecule is COc1ccc(OC)c(C2=CSC3=N[C@@H]4CCCC[C@H]4N23)c1. The second-order valence-corrected chi connectivity index (χ2v) is 6.72. The molecule has 0 radical (unpaired) electrons. The minimum absolute atomic E-state index is 0.469. The highest BCUT2D eigenvalue weighted by molar-refractivity contribution is 8.16. The van der Waals surface area contributed by atoms with E-state index in [1.54, 1.807) is 26.0 Å². The summed E-state index contributed by atoms with van der Waals surface area (Å²) in [5.74, 6) is 1.74. The van der Waals surface area contributed by atoms with E-state index in [0.29, 0.717) is 12.1 Å². The maximum atomic E-state index is 5.57. The van der Waals surface area contributed by atoms with Gasteiger partial charge in [-0.3, -0.25) is 4.99 Å². The summed E-state index contributed by atoms with van der Waals surface area (Å²) in [4.78, 5) is 7.35. The largest absolute Gasteiger partial charge is 0.497 e. The Morgan fingerprint density at radius 1 is 1.18 bits per heavy atom. The molecule has 4 nitrogen and oxygen atoms in total. The Hall–Kier alpha value is -1.62. The molecule has 0 N–H and O–H groups in total. The molecule has 1 aromatic rings. The van der Waals surface area contributed by atoms with Gasteiger partial charge >= 0.3 is 0 Å². The van der Waals surface area contributed by atoms with E-state index in [4.69, 9.17) is 14.5 Å². The number of thioether (sulfide) groups is 1. The van der Waals surface area contributed by atoms with E-state index >= 15 is 0 Å². The van der Waals surface area contributed by atoms with Crippen molar-refractivity contribution >= 4 is 22.6 Å². The molecule has 1 aromatic carbocycles. The van der Waals surface area contributed by atoms with Crippen molar-refractivity contribution in [1.29, 1.82) is 0 Å². The summed E-state index contributed by atoms with van der Waals surface area (Å²) >= 11 is 1.73. The van der Waals surface area contributed by atoms with Crippen LogP contribution < -0.4 is 9.47 Å². The van der Waals surface area contributed by atoms with Crippen LogP contribution in [0.2, 0.25) is 0 Å². The number of ether oxygens (including phenoxy) is 2. The molecule has 2 aliphatic heterocycles. The maximum Gasteiger partial charge on any atom is 0.168 e. The van der Waals surface area contributed by atoms with Crippen LogP contribution in [-0.2, 0) is 0 Å². The Kier molecular flexibility index (Phi) is 3.53. The zero-order valence-corrected chi connectivity index (χ0v) is 13.7. The Balaban J connectivity index is 1.73. The van der Waals surface area contributed by atoms with Crippen LogP contribution >= 0.6 is 11.8 Å². The van der Waals surface area contributed by atoms with Crippen LogP contribution in [0.4, 0.5) is 0 Å². The summed E-state index contributed by atoms with van der Waals surface area (Å²) in [5, 5.41) is 3.35. The van der Waals surface area contributed by atoms with Crippen LogP contribution in [0.25, 0.3) is 5.70 Å². The Bertz CT molecular complexity index is 656. The second-order valence-electron chi connectivity index (χ2n) is 5.89. The van der Waals surface area contributed by atoms with Crippen molar-refractivity contribution in [3.63, 3.8) is 0 Å². The van der Waals surface area contributed by atoms with Crippen LogP contribution in [-0.4, -0.2) is 36.4 Å². The lowest BCUT2D eigenvalue weighted by Gasteiger charge is -2.32. The van der Waals surface area contributed by atoms with Crippen molar-refractivity contribution in [2.45, 2.75) is 37.8 Å². The van der Waals surface area contributed by atoms with Gasteiger partial charge in [0.15, 0.2) is 5.17 Å². The molecule has 0 aromatic heterocycles. The summed E-state index contributed by atoms with van der Waals surface area (Å²) in [5.41, 5.74) is 2.29. The number of fused-ring (bicyclic) bond motifs is 3. The normalized spacial score (nSPS) is 26.2. The lowest BCUT2D eigenvalue weighted by atomic mass is 9.90. The molecule has 0 bridgehead atoms. The van der Waals surface area contributed by atoms with Crippen molar-refractivity contribution < 1.29 is 9.47 Å². The van der Waals surface area contributed by atoms with Crippen molar-refractivity contribution in [3.05, 3.63) is 29.2 Å². The Morgan fingerprint density at radius 3 is 2.86 bits per heavy atom. The van der Waals surface area contributed by atoms with E-state index in [2.05, 4.69) is 16.4 Å². The molecule has 4 rings (SSSR count). The van der Waals surface area contributed by atoms with Gasteiger partial charge in [0.1, 0.15) is 11.5 Å². The average molecular weight is 316 g/mol. The van der Waals surface area contributed by atoms with Gasteiger partial charge in [-0.05, 0) is 31.0 Å². The van der Waals surface area contributed by atoms with E-state index in [-0.39, 0.29) is 0 Å². The van der Waals surface area contributed by atoms with Gasteiger partial charge < -0.3 is 14.4 Å². The minimum atomic E-state index is 0.469. The van der Waals surface area contributed by atoms with Crippen LogP contribution in [0.3, 0.4) is 0 Å². The Morgan fingerprint density at radius 2 is 2.05 bits per heavy atom. The summed E-state index contributed by atoms with van der Waals surface area (Å²) in [6.45, 7) is 0. The monoisotopic (exact) mass is 316 g/mol. The van der Waals surface area contributed by atoms with E-state index < -0.39 is 0 Å². The van der Waals surface area contributed by atoms with E-state index in [1.165, 1.54) is 31.4 Å². The second kappa shape index (κ2) is 5.54. The van der Waals surface area contributed by atoms with Crippen LogP contribution in [0.5, 0.6) is 11.5 Å². The fourth-order valence-electron chi connectivity index (χ4n) is 3.63. The molecular formula is C17H20N2O2S. The molecule has 1 saturated carbocycles. The predicted octanol–water partition coefficient (Wildman–Crippen LogP) is 3.73. The number of amidine groups is 1. The van der Waals surface area contributed by atoms with E-state index in [0.717, 1.165) is 22.2 Å². The molecule has 0 saturated heterocycles. The summed E-state index contributed by atoms with van der Waals surface area (Å²) in [7, 11) is 3.42. The van der Waals surface area contributed by atoms with Gasteiger partial charge in [0, 0.05) is 11.0 Å². The highest BCUT2D eigenvalue weighted by Gasteiger charge is 2.42. The Labute approximate surface area is 135 Å². The molecule has 5 heteroatoms. The lowest BCUT2D eigenvalue weighted by Crippen LogP contribution is -2.38. The van der Waals surface area contributed by atoms with Crippen molar-refractivity contribution in [1.82, 2.24) is 4.90 Å². The first kappa shape index (κ1) is 14.0. The molecule has 1 fully saturated rings. The summed E-state index contributed by atoms with van der Waals surface area (Å²) in [6.07, 6.45) is 5.04. The standard InChI is InChI=1S/C17H20N2O2S/c1-20-11-7-8-16(21-2)12(9-11)15-10-22-17-18-13-5-3-4-6-14(13)19(15)17/h7-10,13-14H,3-6H2,1-2H3/t13-,14-/m1/s1. The molecule has 116 valence electrons. The molecule has 2 atom stereocenters. The van der Waals surface area contributed by atoms with Crippen LogP contribution in [0.1, 0.15) is 31.2 Å². The number of nitrogens with zero attached hydrogens (tertiary/aromatic N) is 2. The van der Waals surface area contributed by atoms with Crippen LogP contribution in [0.15, 0.2) is 28.6 Å².